The molecule has 0 saturated heterocycles. The maximum Gasteiger partial charge on any atom is 0.257 e. The Labute approximate surface area is 227 Å². The lowest BCUT2D eigenvalue weighted by Crippen LogP contribution is -2.21. The van der Waals surface area contributed by atoms with E-state index in [0.717, 1.165) is 11.3 Å². The SMILES string of the molecule is Cn1nc2c3c(c(NC(=O)c4csc5c(F)cccc45)cc2c1CC(F)F)C(c1cc(F)ccc1Cl)NC3=O. The number of nitrogens with one attached hydrogen (secondary N) is 2. The highest BCUT2D eigenvalue weighted by Gasteiger charge is 2.38. The summed E-state index contributed by atoms with van der Waals surface area (Å²) in [6, 6.07) is 8.60. The van der Waals surface area contributed by atoms with E-state index >= 15 is 0 Å². The normalized spacial score (nSPS) is 14.8. The van der Waals surface area contributed by atoms with Crippen molar-refractivity contribution < 1.29 is 27.2 Å². The number of halogens is 5. The van der Waals surface area contributed by atoms with E-state index in [1.54, 1.807) is 6.07 Å². The van der Waals surface area contributed by atoms with Crippen molar-refractivity contribution in [2.45, 2.75) is 18.9 Å². The molecule has 0 aliphatic carbocycles. The first kappa shape index (κ1) is 25.3. The van der Waals surface area contributed by atoms with Crippen molar-refractivity contribution >= 4 is 61.4 Å². The number of thiophene rings is 1. The van der Waals surface area contributed by atoms with Gasteiger partial charge in [-0.15, -0.1) is 11.3 Å². The fraction of sp³-hybridized carbons (Fsp3) is 0.148. The molecule has 1 aliphatic heterocycles. The number of rotatable bonds is 5. The number of hydrogen-bond acceptors (Lipinski definition) is 4. The summed E-state index contributed by atoms with van der Waals surface area (Å²) < 4.78 is 56.9. The number of hydrogen-bond donors (Lipinski definition) is 2. The van der Waals surface area contributed by atoms with Crippen molar-refractivity contribution in [3.63, 3.8) is 0 Å². The highest BCUT2D eigenvalue weighted by atomic mass is 35.5. The van der Waals surface area contributed by atoms with Gasteiger partial charge in [-0.25, -0.2) is 17.6 Å². The molecule has 1 unspecified atom stereocenters. The van der Waals surface area contributed by atoms with Crippen LogP contribution in [0.2, 0.25) is 5.02 Å². The maximum atomic E-state index is 14.3. The third kappa shape index (κ3) is 4.12. The molecule has 1 atom stereocenters. The van der Waals surface area contributed by atoms with E-state index < -0.39 is 42.3 Å². The molecule has 39 heavy (non-hydrogen) atoms. The minimum absolute atomic E-state index is 0.0606. The van der Waals surface area contributed by atoms with Crippen molar-refractivity contribution in [2.75, 3.05) is 5.32 Å². The van der Waals surface area contributed by atoms with Crippen LogP contribution in [0.3, 0.4) is 0 Å². The quantitative estimate of drug-likeness (QED) is 0.233. The van der Waals surface area contributed by atoms with Gasteiger partial charge in [0.05, 0.1) is 34.0 Å². The molecule has 6 rings (SSSR count). The summed E-state index contributed by atoms with van der Waals surface area (Å²) >= 11 is 7.44. The molecule has 0 spiro atoms. The molecule has 0 bridgehead atoms. The molecule has 2 N–H and O–H groups in total. The first-order valence-electron chi connectivity index (χ1n) is 11.7. The van der Waals surface area contributed by atoms with Gasteiger partial charge < -0.3 is 10.6 Å². The Morgan fingerprint density at radius 2 is 2.00 bits per heavy atom. The van der Waals surface area contributed by atoms with Crippen LogP contribution in [-0.2, 0) is 13.5 Å². The van der Waals surface area contributed by atoms with Crippen molar-refractivity contribution in [1.29, 1.82) is 0 Å². The fourth-order valence-electron chi connectivity index (χ4n) is 5.05. The monoisotopic (exact) mass is 572 g/mol. The first-order valence-corrected chi connectivity index (χ1v) is 12.9. The summed E-state index contributed by atoms with van der Waals surface area (Å²) in [5.74, 6) is -2.24. The minimum atomic E-state index is -2.69. The number of aromatic nitrogens is 2. The molecule has 0 fully saturated rings. The number of carbonyl (C=O) groups is 2. The number of aryl methyl sites for hydroxylation is 1. The minimum Gasteiger partial charge on any atom is -0.341 e. The lowest BCUT2D eigenvalue weighted by Gasteiger charge is -2.18. The molecule has 2 aromatic heterocycles. The van der Waals surface area contributed by atoms with Crippen LogP contribution in [0.15, 0.2) is 47.8 Å². The van der Waals surface area contributed by atoms with Gasteiger partial charge >= 0.3 is 0 Å². The summed E-state index contributed by atoms with van der Waals surface area (Å²) in [7, 11) is 1.49. The summed E-state index contributed by atoms with van der Waals surface area (Å²) in [5.41, 5.74) is 1.22. The van der Waals surface area contributed by atoms with Crippen molar-refractivity contribution in [1.82, 2.24) is 15.1 Å². The van der Waals surface area contributed by atoms with Gasteiger partial charge in [0.1, 0.15) is 17.2 Å². The topological polar surface area (TPSA) is 76.0 Å². The van der Waals surface area contributed by atoms with E-state index in [9.17, 15) is 27.2 Å². The van der Waals surface area contributed by atoms with E-state index in [2.05, 4.69) is 15.7 Å². The molecule has 6 nitrogen and oxygen atoms in total. The Morgan fingerprint density at radius 1 is 1.21 bits per heavy atom. The van der Waals surface area contributed by atoms with E-state index in [1.807, 2.05) is 0 Å². The molecule has 0 saturated carbocycles. The van der Waals surface area contributed by atoms with Crippen LogP contribution in [0.1, 0.15) is 43.6 Å². The zero-order chi connectivity index (χ0) is 27.6. The average molecular weight is 573 g/mol. The Balaban J connectivity index is 1.57. The van der Waals surface area contributed by atoms with E-state index in [0.29, 0.717) is 10.1 Å². The van der Waals surface area contributed by atoms with Crippen LogP contribution in [0.4, 0.5) is 23.2 Å². The molecule has 12 heteroatoms. The van der Waals surface area contributed by atoms with Crippen LogP contribution in [0, 0.1) is 11.6 Å². The summed E-state index contributed by atoms with van der Waals surface area (Å²) in [4.78, 5) is 26.8. The Hall–Kier alpha value is -3.96. The molecule has 2 amide bonds. The number of anilines is 1. The van der Waals surface area contributed by atoms with E-state index in [1.165, 1.54) is 53.5 Å². The highest BCUT2D eigenvalue weighted by Crippen LogP contribution is 2.43. The zero-order valence-corrected chi connectivity index (χ0v) is 21.6. The predicted octanol–water partition coefficient (Wildman–Crippen LogP) is 6.61. The third-order valence-electron chi connectivity index (χ3n) is 6.74. The van der Waals surface area contributed by atoms with Crippen molar-refractivity contribution in [3.05, 3.63) is 92.4 Å². The number of amides is 2. The number of carbonyl (C=O) groups excluding carboxylic acids is 2. The van der Waals surface area contributed by atoms with Gasteiger partial charge in [0.2, 0.25) is 6.43 Å². The highest BCUT2D eigenvalue weighted by molar-refractivity contribution is 7.17. The predicted molar refractivity (Wildman–Crippen MR) is 141 cm³/mol. The van der Waals surface area contributed by atoms with Gasteiger partial charge in [0.25, 0.3) is 11.8 Å². The summed E-state index contributed by atoms with van der Waals surface area (Å²) in [6.07, 6.45) is -3.32. The van der Waals surface area contributed by atoms with Crippen LogP contribution >= 0.6 is 22.9 Å². The summed E-state index contributed by atoms with van der Waals surface area (Å²) in [6.45, 7) is 0. The van der Waals surface area contributed by atoms with Gasteiger partial charge in [-0.1, -0.05) is 23.7 Å². The zero-order valence-electron chi connectivity index (χ0n) is 20.0. The molecule has 0 radical (unpaired) electrons. The Kier molecular flexibility index (Phi) is 6.07. The standard InChI is InChI=1S/C27H17ClF4N4O2S/c1-36-19(9-20(31)32)14-8-18(33-26(37)15-10-39-25-12(15)3-2-4-17(25)30)21-22(24(14)35-36)27(38)34-23(21)13-7-11(29)5-6-16(13)28/h2-8,10,20,23H,9H2,1H3,(H,33,37)(H,34,38). The van der Waals surface area contributed by atoms with Crippen molar-refractivity contribution in [3.8, 4) is 0 Å². The van der Waals surface area contributed by atoms with Gasteiger partial charge in [0.15, 0.2) is 0 Å². The average Bonchev–Trinajstić information content (AvgIpc) is 3.56. The first-order chi connectivity index (χ1) is 18.6. The van der Waals surface area contributed by atoms with Gasteiger partial charge in [-0.05, 0) is 30.3 Å². The molecular formula is C27H17ClF4N4O2S. The number of nitrogens with zero attached hydrogens (tertiary/aromatic N) is 2. The Morgan fingerprint density at radius 3 is 2.77 bits per heavy atom. The smallest absolute Gasteiger partial charge is 0.257 e. The largest absolute Gasteiger partial charge is 0.341 e. The van der Waals surface area contributed by atoms with Gasteiger partial charge in [0, 0.05) is 45.0 Å². The fourth-order valence-corrected chi connectivity index (χ4v) is 6.23. The number of benzene rings is 3. The number of fused-ring (bicyclic) bond motifs is 4. The van der Waals surface area contributed by atoms with Gasteiger partial charge in [-0.3, -0.25) is 14.3 Å². The molecule has 1 aliphatic rings. The second-order valence-corrected chi connectivity index (χ2v) is 10.4. The lowest BCUT2D eigenvalue weighted by atomic mass is 9.93. The van der Waals surface area contributed by atoms with Crippen LogP contribution in [0.5, 0.6) is 0 Å². The van der Waals surface area contributed by atoms with E-state index in [-0.39, 0.29) is 49.6 Å². The van der Waals surface area contributed by atoms with Crippen LogP contribution in [0.25, 0.3) is 21.0 Å². The van der Waals surface area contributed by atoms with Crippen LogP contribution in [-0.4, -0.2) is 28.0 Å². The second kappa shape index (κ2) is 9.35. The number of alkyl halides is 2. The molecule has 3 aromatic carbocycles. The third-order valence-corrected chi connectivity index (χ3v) is 8.09. The second-order valence-electron chi connectivity index (χ2n) is 9.07. The molecule has 198 valence electrons. The Bertz CT molecular complexity index is 1830. The van der Waals surface area contributed by atoms with E-state index in [4.69, 9.17) is 11.6 Å². The van der Waals surface area contributed by atoms with Crippen LogP contribution < -0.4 is 10.6 Å². The lowest BCUT2D eigenvalue weighted by molar-refractivity contribution is 0.0960. The van der Waals surface area contributed by atoms with Gasteiger partial charge in [-0.2, -0.15) is 5.10 Å². The van der Waals surface area contributed by atoms with Crippen molar-refractivity contribution in [2.24, 2.45) is 7.05 Å². The molecule has 5 aromatic rings. The maximum absolute atomic E-state index is 14.3. The summed E-state index contributed by atoms with van der Waals surface area (Å²) in [5, 5.41) is 12.2. The molecular weight excluding hydrogens is 556 g/mol. The molecule has 3 heterocycles.